The monoisotopic (exact) mass is 383 g/mol. The maximum Gasteiger partial charge on any atom is 0.325 e. The van der Waals surface area contributed by atoms with E-state index in [0.29, 0.717) is 0 Å². The summed E-state index contributed by atoms with van der Waals surface area (Å²) < 4.78 is 2.95. The molecule has 0 fully saturated rings. The van der Waals surface area contributed by atoms with E-state index >= 15 is 0 Å². The standard InChI is InChI=1S/C8H3BrINO2S/c9-5-1-4-2-7(11(12)13)14-8(4)6(10)3-5/h1-3H. The van der Waals surface area contributed by atoms with Crippen LogP contribution in [0.4, 0.5) is 5.00 Å². The normalized spacial score (nSPS) is 10.7. The van der Waals surface area contributed by atoms with Gasteiger partial charge in [0, 0.05) is 19.5 Å². The second-order valence-corrected chi connectivity index (χ2v) is 5.76. The maximum atomic E-state index is 10.6. The number of halogens is 2. The summed E-state index contributed by atoms with van der Waals surface area (Å²) in [4.78, 5) is 10.2. The highest BCUT2D eigenvalue weighted by atomic mass is 127. The number of nitrogens with zero attached hydrogens (tertiary/aromatic N) is 1. The molecule has 0 amide bonds. The lowest BCUT2D eigenvalue weighted by Gasteiger charge is -1.93. The van der Waals surface area contributed by atoms with E-state index in [1.807, 2.05) is 12.1 Å². The quantitative estimate of drug-likeness (QED) is 0.421. The molecule has 0 radical (unpaired) electrons. The molecule has 1 heterocycles. The van der Waals surface area contributed by atoms with Crippen molar-refractivity contribution in [1.82, 2.24) is 0 Å². The van der Waals surface area contributed by atoms with Crippen LogP contribution in [-0.2, 0) is 0 Å². The minimum absolute atomic E-state index is 0.191. The van der Waals surface area contributed by atoms with E-state index in [2.05, 4.69) is 38.5 Å². The summed E-state index contributed by atoms with van der Waals surface area (Å²) in [7, 11) is 0. The van der Waals surface area contributed by atoms with E-state index in [1.165, 1.54) is 11.3 Å². The van der Waals surface area contributed by atoms with Gasteiger partial charge in [0.1, 0.15) is 0 Å². The van der Waals surface area contributed by atoms with Crippen LogP contribution in [0, 0.1) is 13.7 Å². The molecule has 6 heteroatoms. The van der Waals surface area contributed by atoms with Crippen molar-refractivity contribution in [2.75, 3.05) is 0 Å². The number of thiophene rings is 1. The van der Waals surface area contributed by atoms with Crippen molar-refractivity contribution < 1.29 is 4.92 Å². The van der Waals surface area contributed by atoms with Gasteiger partial charge in [0.05, 0.1) is 9.62 Å². The Balaban J connectivity index is 2.76. The van der Waals surface area contributed by atoms with Crippen LogP contribution in [0.5, 0.6) is 0 Å². The zero-order chi connectivity index (χ0) is 10.3. The molecular weight excluding hydrogens is 381 g/mol. The molecule has 2 aromatic rings. The summed E-state index contributed by atoms with van der Waals surface area (Å²) in [5, 5.41) is 11.7. The molecule has 0 unspecified atom stereocenters. The molecule has 0 N–H and O–H groups in total. The fourth-order valence-corrected chi connectivity index (χ4v) is 3.89. The molecule has 0 aliphatic heterocycles. The van der Waals surface area contributed by atoms with Gasteiger partial charge in [0.15, 0.2) is 0 Å². The Labute approximate surface area is 106 Å². The van der Waals surface area contributed by atoms with E-state index in [4.69, 9.17) is 0 Å². The van der Waals surface area contributed by atoms with Gasteiger partial charge in [-0.3, -0.25) is 10.1 Å². The van der Waals surface area contributed by atoms with E-state index in [0.717, 1.165) is 18.1 Å². The summed E-state index contributed by atoms with van der Waals surface area (Å²) in [6.07, 6.45) is 0. The van der Waals surface area contributed by atoms with Crippen molar-refractivity contribution in [1.29, 1.82) is 0 Å². The summed E-state index contributed by atoms with van der Waals surface area (Å²) in [5.41, 5.74) is 0. The van der Waals surface area contributed by atoms with Crippen LogP contribution in [0.1, 0.15) is 0 Å². The predicted molar refractivity (Wildman–Crippen MR) is 68.9 cm³/mol. The van der Waals surface area contributed by atoms with Gasteiger partial charge in [-0.05, 0) is 34.7 Å². The smallest absolute Gasteiger partial charge is 0.258 e. The Bertz CT molecular complexity index is 525. The fraction of sp³-hybridized carbons (Fsp3) is 0. The largest absolute Gasteiger partial charge is 0.325 e. The second-order valence-electron chi connectivity index (χ2n) is 2.65. The van der Waals surface area contributed by atoms with Crippen molar-refractivity contribution in [3.8, 4) is 0 Å². The fourth-order valence-electron chi connectivity index (χ4n) is 1.15. The van der Waals surface area contributed by atoms with Gasteiger partial charge >= 0.3 is 5.00 Å². The first-order valence-corrected chi connectivity index (χ1v) is 6.30. The van der Waals surface area contributed by atoms with Gasteiger partial charge in [-0.15, -0.1) is 0 Å². The Morgan fingerprint density at radius 2 is 2.14 bits per heavy atom. The van der Waals surface area contributed by atoms with Gasteiger partial charge in [0.2, 0.25) is 0 Å². The molecule has 0 aliphatic rings. The number of rotatable bonds is 1. The van der Waals surface area contributed by atoms with Gasteiger partial charge in [-0.2, -0.15) is 0 Å². The van der Waals surface area contributed by atoms with Crippen LogP contribution >= 0.6 is 49.9 Å². The Hall–Kier alpha value is -0.210. The summed E-state index contributed by atoms with van der Waals surface area (Å²) >= 11 is 6.75. The molecule has 72 valence electrons. The van der Waals surface area contributed by atoms with Crippen molar-refractivity contribution in [2.24, 2.45) is 0 Å². The average Bonchev–Trinajstić information content (AvgIpc) is 2.47. The molecule has 14 heavy (non-hydrogen) atoms. The van der Waals surface area contributed by atoms with E-state index < -0.39 is 0 Å². The first-order valence-electron chi connectivity index (χ1n) is 3.61. The zero-order valence-corrected chi connectivity index (χ0v) is 11.2. The molecule has 1 aromatic carbocycles. The first-order chi connectivity index (χ1) is 6.58. The van der Waals surface area contributed by atoms with Gasteiger partial charge < -0.3 is 0 Å². The number of hydrogen-bond acceptors (Lipinski definition) is 3. The predicted octanol–water partition coefficient (Wildman–Crippen LogP) is 4.18. The van der Waals surface area contributed by atoms with Crippen LogP contribution in [0.2, 0.25) is 0 Å². The number of benzene rings is 1. The maximum absolute atomic E-state index is 10.6. The van der Waals surface area contributed by atoms with Crippen LogP contribution in [0.3, 0.4) is 0 Å². The Morgan fingerprint density at radius 1 is 1.43 bits per heavy atom. The topological polar surface area (TPSA) is 43.1 Å². The van der Waals surface area contributed by atoms with Crippen molar-refractivity contribution in [2.45, 2.75) is 0 Å². The number of nitro groups is 1. The molecule has 0 atom stereocenters. The van der Waals surface area contributed by atoms with Gasteiger partial charge in [-0.1, -0.05) is 27.3 Å². The highest BCUT2D eigenvalue weighted by Crippen LogP contribution is 2.36. The summed E-state index contributed by atoms with van der Waals surface area (Å²) in [5.74, 6) is 0. The molecule has 3 nitrogen and oxygen atoms in total. The van der Waals surface area contributed by atoms with Crippen LogP contribution < -0.4 is 0 Å². The third kappa shape index (κ3) is 1.78. The van der Waals surface area contributed by atoms with Crippen LogP contribution in [0.25, 0.3) is 10.1 Å². The first kappa shape index (κ1) is 10.3. The van der Waals surface area contributed by atoms with Gasteiger partial charge in [-0.25, -0.2) is 0 Å². The second kappa shape index (κ2) is 3.74. The minimum atomic E-state index is -0.353. The third-order valence-electron chi connectivity index (χ3n) is 1.70. The summed E-state index contributed by atoms with van der Waals surface area (Å²) in [6, 6.07) is 5.44. The highest BCUT2D eigenvalue weighted by Gasteiger charge is 2.13. The molecule has 0 saturated carbocycles. The number of hydrogen-bond donors (Lipinski definition) is 0. The molecule has 2 rings (SSSR count). The van der Waals surface area contributed by atoms with E-state index in [-0.39, 0.29) is 9.92 Å². The lowest BCUT2D eigenvalue weighted by atomic mass is 10.3. The van der Waals surface area contributed by atoms with Crippen molar-refractivity contribution >= 4 is 64.9 Å². The third-order valence-corrected chi connectivity index (χ3v) is 4.51. The lowest BCUT2D eigenvalue weighted by Crippen LogP contribution is -1.80. The minimum Gasteiger partial charge on any atom is -0.258 e. The average molecular weight is 384 g/mol. The highest BCUT2D eigenvalue weighted by molar-refractivity contribution is 14.1. The molecule has 0 saturated heterocycles. The molecule has 0 aliphatic carbocycles. The number of fused-ring (bicyclic) bond motifs is 1. The van der Waals surface area contributed by atoms with Crippen molar-refractivity contribution in [3.63, 3.8) is 0 Å². The van der Waals surface area contributed by atoms with Crippen molar-refractivity contribution in [3.05, 3.63) is 36.4 Å². The van der Waals surface area contributed by atoms with Crippen LogP contribution in [-0.4, -0.2) is 4.92 Å². The van der Waals surface area contributed by atoms with Crippen LogP contribution in [0.15, 0.2) is 22.7 Å². The molecular formula is C8H3BrINO2S. The zero-order valence-electron chi connectivity index (χ0n) is 6.66. The van der Waals surface area contributed by atoms with E-state index in [1.54, 1.807) is 6.07 Å². The Morgan fingerprint density at radius 3 is 2.79 bits per heavy atom. The van der Waals surface area contributed by atoms with E-state index in [9.17, 15) is 10.1 Å². The molecule has 0 bridgehead atoms. The molecule has 0 spiro atoms. The summed E-state index contributed by atoms with van der Waals surface area (Å²) in [6.45, 7) is 0. The Kier molecular flexibility index (Phi) is 2.76. The van der Waals surface area contributed by atoms with Gasteiger partial charge in [0.25, 0.3) is 0 Å². The molecule has 1 aromatic heterocycles. The SMILES string of the molecule is O=[N+]([O-])c1cc2cc(Br)cc(I)c2s1. The lowest BCUT2D eigenvalue weighted by molar-refractivity contribution is -0.380.